The van der Waals surface area contributed by atoms with Gasteiger partial charge in [-0.25, -0.2) is 0 Å². The standard InChI is InChI=1S/C25H36O7/c1-14(26)31-13-22(29)25(30)21(28)12-20-18-6-5-16-11-17(32-15(2)27)7-9-23(16,3)19(18)8-10-24(20,25)4/h5,17-21,28,30H,6-13H2,1-4H3/t17-,18+,19+,20+,21+,23-,24-,25-/m0/s1. The molecule has 0 aliphatic heterocycles. The van der Waals surface area contributed by atoms with Crippen molar-refractivity contribution < 1.29 is 34.1 Å². The first-order valence-corrected chi connectivity index (χ1v) is 11.9. The monoisotopic (exact) mass is 448 g/mol. The summed E-state index contributed by atoms with van der Waals surface area (Å²) < 4.78 is 10.4. The quantitative estimate of drug-likeness (QED) is 0.503. The van der Waals surface area contributed by atoms with Crippen LogP contribution >= 0.6 is 0 Å². The second-order valence-corrected chi connectivity index (χ2v) is 10.9. The fraction of sp³-hybridized carbons (Fsp3) is 0.800. The van der Waals surface area contributed by atoms with E-state index in [2.05, 4.69) is 13.0 Å². The number of hydrogen-bond acceptors (Lipinski definition) is 7. The zero-order valence-electron chi connectivity index (χ0n) is 19.6. The molecule has 7 nitrogen and oxygen atoms in total. The molecule has 178 valence electrons. The van der Waals surface area contributed by atoms with Crippen LogP contribution in [0.25, 0.3) is 0 Å². The molecule has 4 rings (SSSR count). The van der Waals surface area contributed by atoms with E-state index >= 15 is 0 Å². The lowest BCUT2D eigenvalue weighted by Crippen LogP contribution is -2.61. The number of ketones is 1. The van der Waals surface area contributed by atoms with E-state index in [1.54, 1.807) is 0 Å². The van der Waals surface area contributed by atoms with Crippen LogP contribution in [0.1, 0.15) is 72.6 Å². The lowest BCUT2D eigenvalue weighted by Gasteiger charge is -2.58. The van der Waals surface area contributed by atoms with Gasteiger partial charge in [0.15, 0.2) is 12.2 Å². The maximum Gasteiger partial charge on any atom is 0.303 e. The Labute approximate surface area is 189 Å². The van der Waals surface area contributed by atoms with Crippen molar-refractivity contribution in [2.24, 2.45) is 28.6 Å². The maximum atomic E-state index is 13.0. The Morgan fingerprint density at radius 1 is 1.09 bits per heavy atom. The van der Waals surface area contributed by atoms with Crippen LogP contribution in [0.3, 0.4) is 0 Å². The highest BCUT2D eigenvalue weighted by molar-refractivity contribution is 5.91. The summed E-state index contributed by atoms with van der Waals surface area (Å²) in [7, 11) is 0. The number of hydrogen-bond donors (Lipinski definition) is 2. The van der Waals surface area contributed by atoms with E-state index in [0.717, 1.165) is 32.1 Å². The van der Waals surface area contributed by atoms with Gasteiger partial charge >= 0.3 is 11.9 Å². The van der Waals surface area contributed by atoms with Gasteiger partial charge in [-0.2, -0.15) is 0 Å². The molecule has 0 unspecified atom stereocenters. The topological polar surface area (TPSA) is 110 Å². The molecule has 4 aliphatic carbocycles. The number of carbonyl (C=O) groups is 3. The normalized spacial score (nSPS) is 45.1. The SMILES string of the molecule is CC(=O)OCC(=O)[C@@]1(O)[C@H](O)C[C@@H]2[C@@H]3CC=C4C[C@@H](OC(C)=O)CC[C@]4(C)[C@@H]3CC[C@@]21C. The van der Waals surface area contributed by atoms with Crippen LogP contribution < -0.4 is 0 Å². The third kappa shape index (κ3) is 3.35. The zero-order valence-corrected chi connectivity index (χ0v) is 19.6. The van der Waals surface area contributed by atoms with E-state index in [1.807, 2.05) is 6.92 Å². The molecule has 3 fully saturated rings. The predicted molar refractivity (Wildman–Crippen MR) is 115 cm³/mol. The molecule has 4 aliphatic rings. The van der Waals surface area contributed by atoms with Crippen molar-refractivity contribution in [1.82, 2.24) is 0 Å². The Bertz CT molecular complexity index is 849. The Morgan fingerprint density at radius 3 is 2.47 bits per heavy atom. The van der Waals surface area contributed by atoms with Crippen molar-refractivity contribution in [2.45, 2.75) is 90.4 Å². The molecule has 7 heteroatoms. The van der Waals surface area contributed by atoms with Crippen LogP contribution in [0.15, 0.2) is 11.6 Å². The predicted octanol–water partition coefficient (Wildman–Crippen LogP) is 2.71. The van der Waals surface area contributed by atoms with Crippen LogP contribution in [0, 0.1) is 28.6 Å². The highest BCUT2D eigenvalue weighted by Gasteiger charge is 2.69. The average Bonchev–Trinajstić information content (AvgIpc) is 2.93. The Balaban J connectivity index is 1.59. The van der Waals surface area contributed by atoms with E-state index in [9.17, 15) is 24.6 Å². The van der Waals surface area contributed by atoms with Crippen molar-refractivity contribution in [3.63, 3.8) is 0 Å². The number of esters is 2. The molecular formula is C25H36O7. The molecule has 8 atom stereocenters. The average molecular weight is 449 g/mol. The van der Waals surface area contributed by atoms with Crippen molar-refractivity contribution in [2.75, 3.05) is 6.61 Å². The van der Waals surface area contributed by atoms with Crippen LogP contribution in [-0.4, -0.2) is 52.4 Å². The van der Waals surface area contributed by atoms with Gasteiger partial charge in [0.25, 0.3) is 0 Å². The summed E-state index contributed by atoms with van der Waals surface area (Å²) in [5.41, 5.74) is -1.30. The molecule has 0 spiro atoms. The van der Waals surface area contributed by atoms with Crippen molar-refractivity contribution >= 4 is 17.7 Å². The number of aliphatic hydroxyl groups excluding tert-OH is 1. The van der Waals surface area contributed by atoms with Gasteiger partial charge in [0.1, 0.15) is 6.10 Å². The van der Waals surface area contributed by atoms with E-state index < -0.39 is 35.5 Å². The fourth-order valence-corrected chi connectivity index (χ4v) is 7.76. The summed E-state index contributed by atoms with van der Waals surface area (Å²) in [6.07, 6.45) is 6.31. The molecule has 0 aromatic carbocycles. The summed E-state index contributed by atoms with van der Waals surface area (Å²) >= 11 is 0. The molecule has 0 heterocycles. The van der Waals surface area contributed by atoms with Gasteiger partial charge in [0, 0.05) is 25.7 Å². The number of fused-ring (bicyclic) bond motifs is 5. The second-order valence-electron chi connectivity index (χ2n) is 10.9. The van der Waals surface area contributed by atoms with Gasteiger partial charge in [-0.05, 0) is 61.7 Å². The summed E-state index contributed by atoms with van der Waals surface area (Å²) in [6, 6.07) is 0. The Morgan fingerprint density at radius 2 is 1.81 bits per heavy atom. The highest BCUT2D eigenvalue weighted by atomic mass is 16.5. The molecule has 0 amide bonds. The molecule has 0 radical (unpaired) electrons. The van der Waals surface area contributed by atoms with Crippen molar-refractivity contribution in [3.8, 4) is 0 Å². The molecule has 3 saturated carbocycles. The maximum absolute atomic E-state index is 13.0. The van der Waals surface area contributed by atoms with Gasteiger partial charge in [-0.1, -0.05) is 25.5 Å². The Hall–Kier alpha value is -1.73. The number of carbonyl (C=O) groups excluding carboxylic acids is 3. The molecule has 32 heavy (non-hydrogen) atoms. The molecule has 0 aromatic rings. The molecule has 0 bridgehead atoms. The van der Waals surface area contributed by atoms with Gasteiger partial charge in [-0.15, -0.1) is 0 Å². The van der Waals surface area contributed by atoms with Crippen LogP contribution in [0.2, 0.25) is 0 Å². The first-order valence-electron chi connectivity index (χ1n) is 11.9. The minimum absolute atomic E-state index is 0.00310. The first-order chi connectivity index (χ1) is 14.9. The van der Waals surface area contributed by atoms with E-state index in [1.165, 1.54) is 19.4 Å². The van der Waals surface area contributed by atoms with E-state index in [0.29, 0.717) is 18.8 Å². The zero-order chi connectivity index (χ0) is 23.5. The van der Waals surface area contributed by atoms with Crippen molar-refractivity contribution in [1.29, 1.82) is 0 Å². The Kier molecular flexibility index (Phi) is 5.82. The summed E-state index contributed by atoms with van der Waals surface area (Å²) in [4.78, 5) is 35.6. The second kappa shape index (κ2) is 7.94. The lowest BCUT2D eigenvalue weighted by molar-refractivity contribution is -0.181. The summed E-state index contributed by atoms with van der Waals surface area (Å²) in [6.45, 7) is 6.40. The van der Waals surface area contributed by atoms with Gasteiger partial charge < -0.3 is 19.7 Å². The largest absolute Gasteiger partial charge is 0.462 e. The third-order valence-corrected chi connectivity index (χ3v) is 9.44. The van der Waals surface area contributed by atoms with Crippen LogP contribution in [0.4, 0.5) is 0 Å². The van der Waals surface area contributed by atoms with Crippen LogP contribution in [-0.2, 0) is 23.9 Å². The van der Waals surface area contributed by atoms with Gasteiger partial charge in [-0.3, -0.25) is 14.4 Å². The molecule has 0 aromatic heterocycles. The number of Topliss-reactive ketones (excluding diaryl/α,β-unsaturated/α-hetero) is 1. The first kappa shape index (κ1) is 23.4. The molecular weight excluding hydrogens is 412 g/mol. The lowest BCUT2D eigenvalue weighted by atomic mass is 9.46. The smallest absolute Gasteiger partial charge is 0.303 e. The van der Waals surface area contributed by atoms with Gasteiger partial charge in [0.05, 0.1) is 6.10 Å². The van der Waals surface area contributed by atoms with Crippen molar-refractivity contribution in [3.05, 3.63) is 11.6 Å². The van der Waals surface area contributed by atoms with Gasteiger partial charge in [0.2, 0.25) is 5.78 Å². The number of ether oxygens (including phenoxy) is 2. The van der Waals surface area contributed by atoms with E-state index in [4.69, 9.17) is 9.47 Å². The molecule has 2 N–H and O–H groups in total. The minimum atomic E-state index is -1.91. The fourth-order valence-electron chi connectivity index (χ4n) is 7.76. The minimum Gasteiger partial charge on any atom is -0.462 e. The number of rotatable bonds is 4. The molecule has 0 saturated heterocycles. The van der Waals surface area contributed by atoms with E-state index in [-0.39, 0.29) is 29.3 Å². The summed E-state index contributed by atoms with van der Waals surface area (Å²) in [5, 5.41) is 22.5. The summed E-state index contributed by atoms with van der Waals surface area (Å²) in [5.74, 6) is -0.761. The number of aliphatic hydroxyl groups is 2. The van der Waals surface area contributed by atoms with Crippen LogP contribution in [0.5, 0.6) is 0 Å². The third-order valence-electron chi connectivity index (χ3n) is 9.44. The highest BCUT2D eigenvalue weighted by Crippen LogP contribution is 2.67. The number of allylic oxidation sites excluding steroid dienone is 1.